The highest BCUT2D eigenvalue weighted by molar-refractivity contribution is 5.84. The molecule has 0 unspecified atom stereocenters. The summed E-state index contributed by atoms with van der Waals surface area (Å²) in [6.45, 7) is 0. The highest BCUT2D eigenvalue weighted by Crippen LogP contribution is 2.36. The number of ether oxygens (including phenoxy) is 2. The molecule has 3 aromatic rings. The molecule has 0 saturated carbocycles. The third kappa shape index (κ3) is 2.16. The molecule has 0 saturated heterocycles. The molecule has 0 amide bonds. The number of hydrogen-bond donors (Lipinski definition) is 1. The molecule has 0 aliphatic carbocycles. The fourth-order valence-electron chi connectivity index (χ4n) is 2.31. The van der Waals surface area contributed by atoms with E-state index in [-0.39, 0.29) is 11.1 Å². The van der Waals surface area contributed by atoms with Gasteiger partial charge in [0.25, 0.3) is 0 Å². The summed E-state index contributed by atoms with van der Waals surface area (Å²) in [6, 6.07) is 11.8. The average molecular weight is 298 g/mol. The van der Waals surface area contributed by atoms with E-state index < -0.39 is 11.2 Å². The summed E-state index contributed by atoms with van der Waals surface area (Å²) in [5, 5.41) is 10.5. The molecular weight excluding hydrogens is 284 g/mol. The van der Waals surface area contributed by atoms with Gasteiger partial charge in [-0.05, 0) is 24.3 Å². The zero-order chi connectivity index (χ0) is 15.7. The van der Waals surface area contributed by atoms with Crippen molar-refractivity contribution >= 4 is 11.0 Å². The predicted molar refractivity (Wildman–Crippen MR) is 82.7 cm³/mol. The van der Waals surface area contributed by atoms with Gasteiger partial charge in [0.15, 0.2) is 5.76 Å². The van der Waals surface area contributed by atoms with Crippen LogP contribution < -0.4 is 14.9 Å². The number of para-hydroxylation sites is 1. The van der Waals surface area contributed by atoms with Gasteiger partial charge >= 0.3 is 0 Å². The Balaban J connectivity index is 2.34. The van der Waals surface area contributed by atoms with Crippen molar-refractivity contribution in [3.8, 4) is 28.6 Å². The van der Waals surface area contributed by atoms with Crippen LogP contribution in [0.2, 0.25) is 0 Å². The molecule has 0 bridgehead atoms. The topological polar surface area (TPSA) is 68.9 Å². The van der Waals surface area contributed by atoms with Crippen LogP contribution in [0.15, 0.2) is 51.7 Å². The maximum absolute atomic E-state index is 12.3. The normalized spacial score (nSPS) is 10.6. The first kappa shape index (κ1) is 14.0. The summed E-state index contributed by atoms with van der Waals surface area (Å²) < 4.78 is 16.1. The average Bonchev–Trinajstić information content (AvgIpc) is 2.57. The predicted octanol–water partition coefficient (Wildman–Crippen LogP) is 3.18. The Morgan fingerprint density at radius 2 is 1.82 bits per heavy atom. The van der Waals surface area contributed by atoms with E-state index in [2.05, 4.69) is 0 Å². The number of aromatic hydroxyl groups is 1. The minimum atomic E-state index is -0.496. The molecule has 0 aliphatic rings. The summed E-state index contributed by atoms with van der Waals surface area (Å²) in [5.74, 6) is 0.695. The van der Waals surface area contributed by atoms with Crippen LogP contribution in [0.1, 0.15) is 0 Å². The van der Waals surface area contributed by atoms with Crippen LogP contribution in [0.4, 0.5) is 0 Å². The van der Waals surface area contributed by atoms with Crippen LogP contribution in [0, 0.1) is 0 Å². The lowest BCUT2D eigenvalue weighted by molar-refractivity contribution is 0.410. The van der Waals surface area contributed by atoms with Gasteiger partial charge in [0.1, 0.15) is 17.1 Å². The third-order valence-corrected chi connectivity index (χ3v) is 3.43. The van der Waals surface area contributed by atoms with Crippen molar-refractivity contribution in [3.63, 3.8) is 0 Å². The van der Waals surface area contributed by atoms with Crippen LogP contribution in [0.5, 0.6) is 17.2 Å². The second kappa shape index (κ2) is 5.44. The molecule has 5 nitrogen and oxygen atoms in total. The molecule has 1 heterocycles. The summed E-state index contributed by atoms with van der Waals surface area (Å²) >= 11 is 0. The van der Waals surface area contributed by atoms with Crippen molar-refractivity contribution in [3.05, 3.63) is 52.7 Å². The van der Waals surface area contributed by atoms with Crippen molar-refractivity contribution in [2.75, 3.05) is 14.2 Å². The largest absolute Gasteiger partial charge is 0.502 e. The van der Waals surface area contributed by atoms with Crippen LogP contribution in [-0.2, 0) is 0 Å². The molecule has 112 valence electrons. The number of benzene rings is 2. The second-order valence-corrected chi connectivity index (χ2v) is 4.67. The standard InChI is InChI=1S/C17H14O5/c1-20-10-7-8-11-14(9-10)22-17(16(19)15(11)18)12-5-3-4-6-13(12)21-2/h3-9,19H,1-2H3. The number of rotatable bonds is 3. The quantitative estimate of drug-likeness (QED) is 0.804. The molecule has 0 atom stereocenters. The van der Waals surface area contributed by atoms with Gasteiger partial charge in [0, 0.05) is 6.07 Å². The molecule has 5 heteroatoms. The van der Waals surface area contributed by atoms with Crippen molar-refractivity contribution < 1.29 is 19.0 Å². The van der Waals surface area contributed by atoms with Crippen molar-refractivity contribution in [2.45, 2.75) is 0 Å². The molecule has 0 radical (unpaired) electrons. The summed E-state index contributed by atoms with van der Waals surface area (Å²) in [5.41, 5.74) is 0.345. The minimum absolute atomic E-state index is 0.0724. The summed E-state index contributed by atoms with van der Waals surface area (Å²) in [4.78, 5) is 12.3. The molecular formula is C17H14O5. The molecule has 0 fully saturated rings. The van der Waals surface area contributed by atoms with E-state index in [1.165, 1.54) is 14.2 Å². The first-order valence-electron chi connectivity index (χ1n) is 6.63. The maximum Gasteiger partial charge on any atom is 0.235 e. The highest BCUT2D eigenvalue weighted by atomic mass is 16.5. The zero-order valence-corrected chi connectivity index (χ0v) is 12.1. The van der Waals surface area contributed by atoms with E-state index in [4.69, 9.17) is 13.9 Å². The Morgan fingerprint density at radius 1 is 1.05 bits per heavy atom. The molecule has 2 aromatic carbocycles. The van der Waals surface area contributed by atoms with E-state index in [9.17, 15) is 9.90 Å². The van der Waals surface area contributed by atoms with Crippen molar-refractivity contribution in [2.24, 2.45) is 0 Å². The van der Waals surface area contributed by atoms with Crippen LogP contribution in [-0.4, -0.2) is 19.3 Å². The molecule has 1 aromatic heterocycles. The fraction of sp³-hybridized carbons (Fsp3) is 0.118. The van der Waals surface area contributed by atoms with E-state index in [1.807, 2.05) is 0 Å². The Morgan fingerprint density at radius 3 is 2.55 bits per heavy atom. The number of fused-ring (bicyclic) bond motifs is 1. The molecule has 3 rings (SSSR count). The Kier molecular flexibility index (Phi) is 3.47. The summed E-state index contributed by atoms with van der Waals surface area (Å²) in [6.07, 6.45) is 0. The van der Waals surface area contributed by atoms with Crippen molar-refractivity contribution in [1.82, 2.24) is 0 Å². The summed E-state index contributed by atoms with van der Waals surface area (Å²) in [7, 11) is 3.04. The smallest absolute Gasteiger partial charge is 0.235 e. The second-order valence-electron chi connectivity index (χ2n) is 4.67. The van der Waals surface area contributed by atoms with Crippen LogP contribution in [0.25, 0.3) is 22.3 Å². The van der Waals surface area contributed by atoms with Crippen LogP contribution >= 0.6 is 0 Å². The highest BCUT2D eigenvalue weighted by Gasteiger charge is 2.18. The van der Waals surface area contributed by atoms with E-state index in [0.717, 1.165) is 0 Å². The Hall–Kier alpha value is -2.95. The molecule has 1 N–H and O–H groups in total. The number of hydrogen-bond acceptors (Lipinski definition) is 5. The zero-order valence-electron chi connectivity index (χ0n) is 12.1. The molecule has 22 heavy (non-hydrogen) atoms. The minimum Gasteiger partial charge on any atom is -0.502 e. The third-order valence-electron chi connectivity index (χ3n) is 3.43. The Labute approximate surface area is 126 Å². The molecule has 0 spiro atoms. The van der Waals surface area contributed by atoms with Gasteiger partial charge < -0.3 is 19.0 Å². The van der Waals surface area contributed by atoms with Crippen LogP contribution in [0.3, 0.4) is 0 Å². The molecule has 0 aliphatic heterocycles. The van der Waals surface area contributed by atoms with E-state index in [1.54, 1.807) is 42.5 Å². The van der Waals surface area contributed by atoms with Gasteiger partial charge in [0.2, 0.25) is 11.2 Å². The van der Waals surface area contributed by atoms with E-state index >= 15 is 0 Å². The van der Waals surface area contributed by atoms with E-state index in [0.29, 0.717) is 22.6 Å². The SMILES string of the molecule is COc1ccc2c(=O)c(O)c(-c3ccccc3OC)oc2c1. The number of methoxy groups -OCH3 is 2. The van der Waals surface area contributed by atoms with Gasteiger partial charge in [-0.2, -0.15) is 0 Å². The van der Waals surface area contributed by atoms with Gasteiger partial charge in [-0.3, -0.25) is 4.79 Å². The monoisotopic (exact) mass is 298 g/mol. The van der Waals surface area contributed by atoms with Gasteiger partial charge in [-0.25, -0.2) is 0 Å². The lowest BCUT2D eigenvalue weighted by Gasteiger charge is -2.10. The fourth-order valence-corrected chi connectivity index (χ4v) is 2.31. The Bertz CT molecular complexity index is 895. The first-order valence-corrected chi connectivity index (χ1v) is 6.63. The first-order chi connectivity index (χ1) is 10.7. The van der Waals surface area contributed by atoms with Crippen molar-refractivity contribution in [1.29, 1.82) is 0 Å². The van der Waals surface area contributed by atoms with Gasteiger partial charge in [-0.1, -0.05) is 12.1 Å². The van der Waals surface area contributed by atoms with Gasteiger partial charge in [0.05, 0.1) is 25.2 Å². The maximum atomic E-state index is 12.3. The lowest BCUT2D eigenvalue weighted by atomic mass is 10.1. The van der Waals surface area contributed by atoms with Gasteiger partial charge in [-0.15, -0.1) is 0 Å². The lowest BCUT2D eigenvalue weighted by Crippen LogP contribution is -2.03.